The number of H-pyrrole nitrogens is 1. The number of rotatable bonds is 4. The lowest BCUT2D eigenvalue weighted by atomic mass is 10.0. The van der Waals surface area contributed by atoms with Crippen molar-refractivity contribution in [3.05, 3.63) is 34.8 Å². The van der Waals surface area contributed by atoms with Crippen LogP contribution in [-0.4, -0.2) is 69.3 Å². The molecule has 0 spiro atoms. The number of nitrogens with one attached hydrogen (secondary N) is 2. The van der Waals surface area contributed by atoms with Gasteiger partial charge in [0, 0.05) is 23.8 Å². The number of hydrogen-bond donors (Lipinski definition) is 2. The first-order valence-corrected chi connectivity index (χ1v) is 11.4. The third-order valence-corrected chi connectivity index (χ3v) is 5.99. The zero-order valence-electron chi connectivity index (χ0n) is 19.3. The number of carbonyl (C=O) groups excluding carboxylic acids is 2. The smallest absolute Gasteiger partial charge is 0.439 e. The molecule has 0 bridgehead atoms. The summed E-state index contributed by atoms with van der Waals surface area (Å²) in [5, 5.41) is 6.62. The van der Waals surface area contributed by atoms with Crippen LogP contribution in [0.15, 0.2) is 33.6 Å². The van der Waals surface area contributed by atoms with E-state index in [2.05, 4.69) is 24.9 Å². The molecular weight excluding hydrogens is 426 g/mol. The van der Waals surface area contributed by atoms with Gasteiger partial charge in [-0.25, -0.2) is 9.59 Å². The van der Waals surface area contributed by atoms with Crippen molar-refractivity contribution in [3.8, 4) is 11.4 Å². The lowest BCUT2D eigenvalue weighted by Gasteiger charge is -2.36. The molecule has 0 radical (unpaired) electrons. The van der Waals surface area contributed by atoms with Crippen molar-refractivity contribution in [2.24, 2.45) is 0 Å². The van der Waals surface area contributed by atoms with Crippen LogP contribution in [-0.2, 0) is 9.53 Å². The normalized spacial score (nSPS) is 21.7. The Labute approximate surface area is 192 Å². The maximum absolute atomic E-state index is 13.4. The van der Waals surface area contributed by atoms with E-state index in [9.17, 15) is 14.4 Å². The average Bonchev–Trinajstić information content (AvgIpc) is 3.40. The van der Waals surface area contributed by atoms with Crippen molar-refractivity contribution in [3.63, 3.8) is 0 Å². The van der Waals surface area contributed by atoms with Crippen molar-refractivity contribution in [1.82, 2.24) is 19.9 Å². The fourth-order valence-corrected chi connectivity index (χ4v) is 4.53. The second-order valence-corrected chi connectivity index (χ2v) is 9.58. The summed E-state index contributed by atoms with van der Waals surface area (Å²) >= 11 is 0. The van der Waals surface area contributed by atoms with Crippen LogP contribution in [0.2, 0.25) is 0 Å². The van der Waals surface area contributed by atoms with Crippen molar-refractivity contribution in [1.29, 1.82) is 0 Å². The van der Waals surface area contributed by atoms with Crippen LogP contribution < -0.4 is 11.1 Å². The first-order valence-electron chi connectivity index (χ1n) is 11.4. The fourth-order valence-electron chi connectivity index (χ4n) is 4.53. The number of piperidine rings is 1. The van der Waals surface area contributed by atoms with Gasteiger partial charge in [-0.2, -0.15) is 0 Å². The van der Waals surface area contributed by atoms with Crippen LogP contribution in [0.1, 0.15) is 46.5 Å². The third-order valence-electron chi connectivity index (χ3n) is 5.99. The summed E-state index contributed by atoms with van der Waals surface area (Å²) < 4.78 is 10.1. The summed E-state index contributed by atoms with van der Waals surface area (Å²) in [6.45, 7) is 7.81. The first-order chi connectivity index (χ1) is 15.7. The maximum atomic E-state index is 13.4. The summed E-state index contributed by atoms with van der Waals surface area (Å²) in [6.07, 6.45) is 3.66. The van der Waals surface area contributed by atoms with E-state index in [-0.39, 0.29) is 11.9 Å². The monoisotopic (exact) mass is 457 g/mol. The Bertz CT molecular complexity index is 1030. The first kappa shape index (κ1) is 23.0. The van der Waals surface area contributed by atoms with Crippen LogP contribution in [0.4, 0.5) is 10.5 Å². The molecule has 0 aliphatic carbocycles. The Morgan fingerprint density at radius 2 is 1.82 bits per heavy atom. The lowest BCUT2D eigenvalue weighted by Crippen LogP contribution is -2.54. The van der Waals surface area contributed by atoms with E-state index in [1.807, 2.05) is 20.8 Å². The average molecular weight is 458 g/mol. The van der Waals surface area contributed by atoms with Gasteiger partial charge in [0.05, 0.1) is 0 Å². The summed E-state index contributed by atoms with van der Waals surface area (Å²) in [4.78, 5) is 43.9. The van der Waals surface area contributed by atoms with Gasteiger partial charge in [0.1, 0.15) is 11.6 Å². The highest BCUT2D eigenvalue weighted by molar-refractivity contribution is 5.97. The fraction of sp³-hybridized carbons (Fsp3) is 0.565. The zero-order valence-corrected chi connectivity index (χ0v) is 19.3. The predicted molar refractivity (Wildman–Crippen MR) is 122 cm³/mol. The number of amides is 2. The molecule has 2 atom stereocenters. The second-order valence-electron chi connectivity index (χ2n) is 9.58. The molecule has 1 aromatic heterocycles. The number of aromatic amines is 1. The zero-order chi connectivity index (χ0) is 23.6. The van der Waals surface area contributed by atoms with Gasteiger partial charge < -0.3 is 10.1 Å². The highest BCUT2D eigenvalue weighted by Crippen LogP contribution is 2.29. The van der Waals surface area contributed by atoms with E-state index in [0.29, 0.717) is 23.6 Å². The molecule has 2 aliphatic heterocycles. The molecule has 2 N–H and O–H groups in total. The summed E-state index contributed by atoms with van der Waals surface area (Å²) in [5.41, 5.74) is 0.600. The number of hydrogen-bond acceptors (Lipinski definition) is 7. The highest BCUT2D eigenvalue weighted by Gasteiger charge is 2.46. The number of likely N-dealkylation sites (tertiary alicyclic amines) is 2. The summed E-state index contributed by atoms with van der Waals surface area (Å²) in [7, 11) is 0. The Balaban J connectivity index is 1.52. The minimum Gasteiger partial charge on any atom is -0.444 e. The molecule has 33 heavy (non-hydrogen) atoms. The molecule has 10 heteroatoms. The lowest BCUT2D eigenvalue weighted by molar-refractivity contribution is -0.122. The summed E-state index contributed by atoms with van der Waals surface area (Å²) in [6, 6.07) is 6.23. The second kappa shape index (κ2) is 9.38. The number of aromatic nitrogens is 2. The Morgan fingerprint density at radius 1 is 1.12 bits per heavy atom. The van der Waals surface area contributed by atoms with Crippen LogP contribution in [0.3, 0.4) is 0 Å². The topological polar surface area (TPSA) is 121 Å². The number of anilines is 1. The van der Waals surface area contributed by atoms with Crippen molar-refractivity contribution >= 4 is 17.7 Å². The predicted octanol–water partition coefficient (Wildman–Crippen LogP) is 2.83. The maximum Gasteiger partial charge on any atom is 0.439 e. The van der Waals surface area contributed by atoms with E-state index in [1.54, 1.807) is 29.2 Å². The van der Waals surface area contributed by atoms with Gasteiger partial charge in [0.25, 0.3) is 0 Å². The van der Waals surface area contributed by atoms with Crippen LogP contribution in [0.5, 0.6) is 0 Å². The molecule has 2 fully saturated rings. The minimum atomic E-state index is -0.640. The molecule has 1 aromatic carbocycles. The molecule has 2 amide bonds. The number of nitrogens with zero attached hydrogens (tertiary/aromatic N) is 3. The molecule has 10 nitrogen and oxygen atoms in total. The number of carbonyl (C=O) groups is 2. The van der Waals surface area contributed by atoms with E-state index in [0.717, 1.165) is 32.4 Å². The Morgan fingerprint density at radius 3 is 2.42 bits per heavy atom. The number of benzene rings is 1. The van der Waals surface area contributed by atoms with Crippen LogP contribution in [0, 0.1) is 0 Å². The van der Waals surface area contributed by atoms with E-state index in [1.165, 1.54) is 6.42 Å². The van der Waals surface area contributed by atoms with Crippen molar-refractivity contribution < 1.29 is 18.8 Å². The van der Waals surface area contributed by atoms with Gasteiger partial charge in [-0.05, 0) is 77.4 Å². The van der Waals surface area contributed by atoms with Gasteiger partial charge in [-0.3, -0.25) is 24.1 Å². The molecule has 2 aliphatic rings. The Kier molecular flexibility index (Phi) is 6.55. The largest absolute Gasteiger partial charge is 0.444 e. The van der Waals surface area contributed by atoms with Crippen LogP contribution in [0.25, 0.3) is 11.4 Å². The number of ether oxygens (including phenoxy) is 1. The summed E-state index contributed by atoms with van der Waals surface area (Å²) in [5.74, 6) is -0.555. The van der Waals surface area contributed by atoms with Gasteiger partial charge in [0.2, 0.25) is 5.91 Å². The van der Waals surface area contributed by atoms with Gasteiger partial charge in [-0.15, -0.1) is 0 Å². The van der Waals surface area contributed by atoms with Crippen molar-refractivity contribution in [2.45, 2.75) is 64.1 Å². The molecule has 2 saturated heterocycles. The highest BCUT2D eigenvalue weighted by atomic mass is 16.6. The van der Waals surface area contributed by atoms with E-state index >= 15 is 0 Å². The standard InChI is InChI=1S/C23H31N5O5/c1-23(2,3)32-22(31)28-14-11-17(27-12-5-4-6-13-27)18(28)20(29)24-16-9-7-15(8-10-16)19-25-21(30)33-26-19/h7-10,17-18H,4-6,11-14H2,1-3H3,(H,24,29)(H,25,26,30)/t17-,18+/m1/s1. The molecule has 4 rings (SSSR count). The molecule has 3 heterocycles. The van der Waals surface area contributed by atoms with E-state index in [4.69, 9.17) is 4.74 Å². The van der Waals surface area contributed by atoms with Crippen LogP contribution >= 0.6 is 0 Å². The Hall–Kier alpha value is -3.14. The molecule has 0 saturated carbocycles. The third kappa shape index (κ3) is 5.44. The molecular formula is C23H31N5O5. The van der Waals surface area contributed by atoms with Crippen molar-refractivity contribution in [2.75, 3.05) is 25.0 Å². The molecule has 2 aromatic rings. The quantitative estimate of drug-likeness (QED) is 0.724. The van der Waals surface area contributed by atoms with E-state index < -0.39 is 23.5 Å². The molecule has 0 unspecified atom stereocenters. The van der Waals surface area contributed by atoms with Gasteiger partial charge in [0.15, 0.2) is 5.82 Å². The minimum absolute atomic E-state index is 0.0442. The molecule has 178 valence electrons. The SMILES string of the molecule is CC(C)(C)OC(=O)N1CC[C@@H](N2CCCCC2)[C@H]1C(=O)Nc1ccc(-c2noc(=O)[nH]2)cc1. The van der Waals surface area contributed by atoms with Gasteiger partial charge in [-0.1, -0.05) is 11.6 Å². The van der Waals surface area contributed by atoms with Gasteiger partial charge >= 0.3 is 11.8 Å².